The lowest BCUT2D eigenvalue weighted by molar-refractivity contribution is -0.170. The number of carbonyl (C=O) groups is 3. The van der Waals surface area contributed by atoms with Gasteiger partial charge in [-0.3, -0.25) is 14.4 Å². The lowest BCUT2D eigenvalue weighted by atomic mass is 9.91. The smallest absolute Gasteiger partial charge is 0.321 e. The second kappa shape index (κ2) is 6.50. The van der Waals surface area contributed by atoms with Crippen molar-refractivity contribution < 1.29 is 23.9 Å². The maximum Gasteiger partial charge on any atom is 0.321 e. The second-order valence-electron chi connectivity index (χ2n) is 5.62. The first-order valence-electron chi connectivity index (χ1n) is 6.46. The summed E-state index contributed by atoms with van der Waals surface area (Å²) in [6.45, 7) is 8.61. The molecule has 2 atom stereocenters. The van der Waals surface area contributed by atoms with E-state index in [2.05, 4.69) is 6.58 Å². The fourth-order valence-corrected chi connectivity index (χ4v) is 1.87. The van der Waals surface area contributed by atoms with E-state index in [9.17, 15) is 14.4 Å². The minimum Gasteiger partial charge on any atom is -0.461 e. The molecule has 110 valence electrons. The summed E-state index contributed by atoms with van der Waals surface area (Å²) in [6, 6.07) is 0. The van der Waals surface area contributed by atoms with Gasteiger partial charge in [0.1, 0.15) is 12.2 Å². The van der Waals surface area contributed by atoms with Crippen LogP contribution < -0.4 is 0 Å². The van der Waals surface area contributed by atoms with Crippen LogP contribution in [0.2, 0.25) is 0 Å². The van der Waals surface area contributed by atoms with E-state index in [-0.39, 0.29) is 18.8 Å². The van der Waals surface area contributed by atoms with Gasteiger partial charge >= 0.3 is 11.9 Å². The maximum absolute atomic E-state index is 12.2. The van der Waals surface area contributed by atoms with Gasteiger partial charge in [-0.15, -0.1) is 0 Å². The summed E-state index contributed by atoms with van der Waals surface area (Å²) >= 11 is 0. The molecule has 0 aliphatic heterocycles. The minimum atomic E-state index is -1.11. The molecular formula is C15H20O5. The van der Waals surface area contributed by atoms with E-state index in [1.54, 1.807) is 26.8 Å². The fourth-order valence-electron chi connectivity index (χ4n) is 1.87. The maximum atomic E-state index is 12.2. The highest BCUT2D eigenvalue weighted by Crippen LogP contribution is 2.27. The number of carbonyl (C=O) groups excluding carboxylic acids is 3. The van der Waals surface area contributed by atoms with Gasteiger partial charge in [-0.2, -0.15) is 0 Å². The summed E-state index contributed by atoms with van der Waals surface area (Å²) in [5.41, 5.74) is -0.708. The molecule has 1 aliphatic carbocycles. The first-order chi connectivity index (χ1) is 9.24. The Morgan fingerprint density at radius 2 is 2.10 bits per heavy atom. The topological polar surface area (TPSA) is 69.7 Å². The molecular weight excluding hydrogens is 260 g/mol. The van der Waals surface area contributed by atoms with Crippen molar-refractivity contribution in [3.8, 4) is 0 Å². The molecule has 5 nitrogen and oxygen atoms in total. The van der Waals surface area contributed by atoms with Gasteiger partial charge in [-0.1, -0.05) is 18.7 Å². The summed E-state index contributed by atoms with van der Waals surface area (Å²) in [5.74, 6) is -3.09. The normalized spacial score (nSPS) is 19.6. The van der Waals surface area contributed by atoms with Crippen LogP contribution in [0.4, 0.5) is 0 Å². The number of hydrogen-bond acceptors (Lipinski definition) is 5. The number of ether oxygens (including phenoxy) is 2. The first-order valence-corrected chi connectivity index (χ1v) is 6.46. The van der Waals surface area contributed by atoms with Gasteiger partial charge in [0, 0.05) is 12.3 Å². The molecule has 0 aromatic carbocycles. The predicted octanol–water partition coefficient (Wildman–Crippen LogP) is 1.82. The van der Waals surface area contributed by atoms with E-state index < -0.39 is 29.4 Å². The molecule has 0 aromatic rings. The average Bonchev–Trinajstić information content (AvgIpc) is 2.70. The molecule has 20 heavy (non-hydrogen) atoms. The molecule has 0 N–H and O–H groups in total. The van der Waals surface area contributed by atoms with Crippen LogP contribution in [0.3, 0.4) is 0 Å². The molecule has 1 aliphatic rings. The molecule has 0 amide bonds. The molecule has 1 rings (SSSR count). The third kappa shape index (κ3) is 4.64. The predicted molar refractivity (Wildman–Crippen MR) is 72.7 cm³/mol. The molecule has 0 fully saturated rings. The average molecular weight is 280 g/mol. The number of hydrogen-bond donors (Lipinski definition) is 0. The molecule has 0 saturated heterocycles. The van der Waals surface area contributed by atoms with Crippen LogP contribution in [0.25, 0.3) is 0 Å². The van der Waals surface area contributed by atoms with E-state index in [1.807, 2.05) is 0 Å². The summed E-state index contributed by atoms with van der Waals surface area (Å²) in [5, 5.41) is 0. The Hall–Kier alpha value is -1.91. The highest BCUT2D eigenvalue weighted by molar-refractivity contribution is 5.99. The number of allylic oxidation sites excluding steroid dienone is 2. The van der Waals surface area contributed by atoms with Crippen molar-refractivity contribution in [2.45, 2.75) is 32.8 Å². The highest BCUT2D eigenvalue weighted by Gasteiger charge is 2.40. The molecule has 0 bridgehead atoms. The Balaban J connectivity index is 2.86. The molecule has 0 aromatic heterocycles. The first kappa shape index (κ1) is 16.1. The van der Waals surface area contributed by atoms with Crippen molar-refractivity contribution in [1.29, 1.82) is 0 Å². The quantitative estimate of drug-likeness (QED) is 0.436. The van der Waals surface area contributed by atoms with Crippen molar-refractivity contribution in [3.05, 3.63) is 24.8 Å². The van der Waals surface area contributed by atoms with E-state index in [0.717, 1.165) is 0 Å². The molecule has 0 radical (unpaired) electrons. The van der Waals surface area contributed by atoms with Crippen LogP contribution in [0.5, 0.6) is 0 Å². The third-order valence-electron chi connectivity index (χ3n) is 2.65. The van der Waals surface area contributed by atoms with Crippen LogP contribution in [-0.4, -0.2) is 29.9 Å². The van der Waals surface area contributed by atoms with E-state index >= 15 is 0 Å². The van der Waals surface area contributed by atoms with Gasteiger partial charge < -0.3 is 9.47 Å². The van der Waals surface area contributed by atoms with Gasteiger partial charge in [0.25, 0.3) is 0 Å². The zero-order chi connectivity index (χ0) is 15.3. The van der Waals surface area contributed by atoms with Gasteiger partial charge in [-0.25, -0.2) is 0 Å². The molecule has 0 saturated carbocycles. The van der Waals surface area contributed by atoms with Gasteiger partial charge in [0.05, 0.1) is 0 Å². The lowest BCUT2D eigenvalue weighted by Crippen LogP contribution is -2.37. The van der Waals surface area contributed by atoms with Crippen molar-refractivity contribution in [1.82, 2.24) is 0 Å². The Morgan fingerprint density at radius 1 is 1.45 bits per heavy atom. The monoisotopic (exact) mass is 280 g/mol. The van der Waals surface area contributed by atoms with Crippen molar-refractivity contribution >= 4 is 17.7 Å². The highest BCUT2D eigenvalue weighted by atomic mass is 16.6. The largest absolute Gasteiger partial charge is 0.461 e. The molecule has 0 spiro atoms. The number of esters is 2. The van der Waals surface area contributed by atoms with Gasteiger partial charge in [0.15, 0.2) is 11.7 Å². The summed E-state index contributed by atoms with van der Waals surface area (Å²) in [6.07, 6.45) is 4.47. The summed E-state index contributed by atoms with van der Waals surface area (Å²) < 4.78 is 10.2. The SMILES string of the molecule is C=CCOC(=O)C(C(=O)OC(C)(C)C)[C@H]1C=CC(=O)C1. The van der Waals surface area contributed by atoms with Crippen molar-refractivity contribution in [3.63, 3.8) is 0 Å². The zero-order valence-corrected chi connectivity index (χ0v) is 12.0. The van der Waals surface area contributed by atoms with Gasteiger partial charge in [-0.05, 0) is 26.8 Å². The Bertz CT molecular complexity index is 442. The van der Waals surface area contributed by atoms with Crippen LogP contribution in [0.15, 0.2) is 24.8 Å². The van der Waals surface area contributed by atoms with E-state index in [0.29, 0.717) is 0 Å². The standard InChI is InChI=1S/C15H20O5/c1-5-8-19-13(17)12(10-6-7-11(16)9-10)14(18)20-15(2,3)4/h5-7,10,12H,1,8-9H2,2-4H3/t10-,12?/m0/s1. The number of ketones is 1. The second-order valence-corrected chi connectivity index (χ2v) is 5.62. The fraction of sp³-hybridized carbons (Fsp3) is 0.533. The van der Waals surface area contributed by atoms with Crippen LogP contribution >= 0.6 is 0 Å². The molecule has 5 heteroatoms. The van der Waals surface area contributed by atoms with Gasteiger partial charge in [0.2, 0.25) is 0 Å². The Morgan fingerprint density at radius 3 is 2.55 bits per heavy atom. The van der Waals surface area contributed by atoms with E-state index in [1.165, 1.54) is 12.2 Å². The zero-order valence-electron chi connectivity index (χ0n) is 12.0. The lowest BCUT2D eigenvalue weighted by Gasteiger charge is -2.25. The molecule has 0 heterocycles. The summed E-state index contributed by atoms with van der Waals surface area (Å²) in [4.78, 5) is 35.5. The van der Waals surface area contributed by atoms with E-state index in [4.69, 9.17) is 9.47 Å². The molecule has 1 unspecified atom stereocenters. The third-order valence-corrected chi connectivity index (χ3v) is 2.65. The number of rotatable bonds is 5. The summed E-state index contributed by atoms with van der Waals surface area (Å²) in [7, 11) is 0. The van der Waals surface area contributed by atoms with Crippen LogP contribution in [0.1, 0.15) is 27.2 Å². The minimum absolute atomic E-state index is 0.0164. The Kier molecular flexibility index (Phi) is 5.25. The van der Waals surface area contributed by atoms with Crippen LogP contribution in [0, 0.1) is 11.8 Å². The Labute approximate surface area is 118 Å². The van der Waals surface area contributed by atoms with Crippen molar-refractivity contribution in [2.75, 3.05) is 6.61 Å². The van der Waals surface area contributed by atoms with Crippen molar-refractivity contribution in [2.24, 2.45) is 11.8 Å². The van der Waals surface area contributed by atoms with Crippen LogP contribution in [-0.2, 0) is 23.9 Å².